The quantitative estimate of drug-likeness (QED) is 0.430. The van der Waals surface area contributed by atoms with Gasteiger partial charge in [0.1, 0.15) is 17.3 Å². The molecule has 0 radical (unpaired) electrons. The molecule has 1 heterocycles. The van der Waals surface area contributed by atoms with Gasteiger partial charge in [-0.3, -0.25) is 9.59 Å². The average Bonchev–Trinajstić information content (AvgIpc) is 2.98. The van der Waals surface area contributed by atoms with Crippen LogP contribution in [-0.2, 0) is 9.59 Å². The fourth-order valence-electron chi connectivity index (χ4n) is 3.59. The summed E-state index contributed by atoms with van der Waals surface area (Å²) in [7, 11) is 5.34. The summed E-state index contributed by atoms with van der Waals surface area (Å²) in [5, 5.41) is 10.9. The molecule has 6 nitrogen and oxygen atoms in total. The zero-order valence-electron chi connectivity index (χ0n) is 17.3. The maximum absolute atomic E-state index is 14.7. The van der Waals surface area contributed by atoms with E-state index in [-0.39, 0.29) is 23.4 Å². The second kappa shape index (κ2) is 9.09. The summed E-state index contributed by atoms with van der Waals surface area (Å²) in [6.45, 7) is 0.965. The van der Waals surface area contributed by atoms with Gasteiger partial charge < -0.3 is 19.6 Å². The Hall–Kier alpha value is -3.19. The number of carbonyl (C=O) groups excluding carboxylic acids is 2. The van der Waals surface area contributed by atoms with Crippen molar-refractivity contribution in [1.82, 2.24) is 9.80 Å². The number of benzene rings is 2. The minimum absolute atomic E-state index is 0.111. The Bertz CT molecular complexity index is 969. The molecule has 1 fully saturated rings. The van der Waals surface area contributed by atoms with Gasteiger partial charge >= 0.3 is 0 Å². The summed E-state index contributed by atoms with van der Waals surface area (Å²) < 4.78 is 19.8. The van der Waals surface area contributed by atoms with Gasteiger partial charge in [-0.05, 0) is 57.4 Å². The molecule has 2 aromatic rings. The standard InChI is InChI=1S/C23H25FN2O4/c1-25(2)13-6-14-26-20(17-7-4-5-8-18(17)24)19(22(28)23(26)29)21(27)15-9-11-16(30-3)12-10-15/h4-5,7-12,20,27H,6,13-14H2,1-3H3/t20-/m0/s1. The Labute approximate surface area is 175 Å². The molecule has 1 aliphatic heterocycles. The van der Waals surface area contributed by atoms with Crippen LogP contribution in [0.3, 0.4) is 0 Å². The minimum Gasteiger partial charge on any atom is -0.507 e. The van der Waals surface area contributed by atoms with Crippen LogP contribution >= 0.6 is 0 Å². The first-order valence-electron chi connectivity index (χ1n) is 9.67. The lowest BCUT2D eigenvalue weighted by molar-refractivity contribution is -0.140. The number of ketones is 1. The molecule has 0 bridgehead atoms. The van der Waals surface area contributed by atoms with Gasteiger partial charge in [-0.2, -0.15) is 0 Å². The van der Waals surface area contributed by atoms with E-state index in [0.29, 0.717) is 24.3 Å². The van der Waals surface area contributed by atoms with Crippen LogP contribution in [0.5, 0.6) is 5.75 Å². The third kappa shape index (κ3) is 4.21. The molecule has 1 saturated heterocycles. The number of aliphatic hydroxyl groups excluding tert-OH is 1. The van der Waals surface area contributed by atoms with E-state index < -0.39 is 23.5 Å². The smallest absolute Gasteiger partial charge is 0.295 e. The van der Waals surface area contributed by atoms with Gasteiger partial charge in [0.15, 0.2) is 0 Å². The van der Waals surface area contributed by atoms with E-state index in [9.17, 15) is 19.1 Å². The van der Waals surface area contributed by atoms with Crippen molar-refractivity contribution in [3.05, 3.63) is 71.0 Å². The summed E-state index contributed by atoms with van der Waals surface area (Å²) in [5.74, 6) is -1.85. The summed E-state index contributed by atoms with van der Waals surface area (Å²) in [6, 6.07) is 11.5. The molecular weight excluding hydrogens is 387 g/mol. The van der Waals surface area contributed by atoms with Crippen LogP contribution in [0.15, 0.2) is 54.1 Å². The van der Waals surface area contributed by atoms with Crippen molar-refractivity contribution < 1.29 is 23.8 Å². The average molecular weight is 412 g/mol. The van der Waals surface area contributed by atoms with Gasteiger partial charge in [-0.25, -0.2) is 4.39 Å². The molecule has 1 amide bonds. The number of amides is 1. The largest absolute Gasteiger partial charge is 0.507 e. The van der Waals surface area contributed by atoms with E-state index in [1.807, 2.05) is 19.0 Å². The van der Waals surface area contributed by atoms with Crippen LogP contribution in [0.1, 0.15) is 23.6 Å². The highest BCUT2D eigenvalue weighted by Crippen LogP contribution is 2.40. The van der Waals surface area contributed by atoms with Gasteiger partial charge in [0.25, 0.3) is 11.7 Å². The van der Waals surface area contributed by atoms with E-state index in [1.165, 1.54) is 24.1 Å². The number of rotatable bonds is 7. The summed E-state index contributed by atoms with van der Waals surface area (Å²) in [5.41, 5.74) is 0.417. The van der Waals surface area contributed by atoms with Crippen molar-refractivity contribution in [3.8, 4) is 5.75 Å². The molecule has 0 saturated carbocycles. The molecular formula is C23H25FN2O4. The third-order valence-corrected chi connectivity index (χ3v) is 5.11. The third-order valence-electron chi connectivity index (χ3n) is 5.11. The van der Waals surface area contributed by atoms with Crippen LogP contribution < -0.4 is 4.74 Å². The molecule has 30 heavy (non-hydrogen) atoms. The number of carbonyl (C=O) groups is 2. The second-order valence-corrected chi connectivity index (χ2v) is 7.40. The lowest BCUT2D eigenvalue weighted by Gasteiger charge is -2.26. The van der Waals surface area contributed by atoms with Gasteiger partial charge in [-0.1, -0.05) is 18.2 Å². The Kier molecular flexibility index (Phi) is 6.52. The summed E-state index contributed by atoms with van der Waals surface area (Å²) >= 11 is 0. The molecule has 158 valence electrons. The highest BCUT2D eigenvalue weighted by Gasteiger charge is 2.46. The van der Waals surface area contributed by atoms with E-state index >= 15 is 0 Å². The lowest BCUT2D eigenvalue weighted by atomic mass is 9.95. The Balaban J connectivity index is 2.09. The van der Waals surface area contributed by atoms with Crippen LogP contribution in [0.4, 0.5) is 4.39 Å². The molecule has 1 aliphatic rings. The number of hydrogen-bond donors (Lipinski definition) is 1. The van der Waals surface area contributed by atoms with Crippen molar-refractivity contribution in [3.63, 3.8) is 0 Å². The highest BCUT2D eigenvalue weighted by molar-refractivity contribution is 6.46. The number of ether oxygens (including phenoxy) is 1. The van der Waals surface area contributed by atoms with Crippen molar-refractivity contribution >= 4 is 17.4 Å². The molecule has 0 spiro atoms. The van der Waals surface area contributed by atoms with Crippen molar-refractivity contribution in [2.45, 2.75) is 12.5 Å². The van der Waals surface area contributed by atoms with Crippen LogP contribution in [0.2, 0.25) is 0 Å². The molecule has 3 rings (SSSR count). The van der Waals surface area contributed by atoms with Gasteiger partial charge in [0.05, 0.1) is 18.7 Å². The van der Waals surface area contributed by atoms with E-state index in [1.54, 1.807) is 36.4 Å². The van der Waals surface area contributed by atoms with Gasteiger partial charge in [0.2, 0.25) is 0 Å². The fourth-order valence-corrected chi connectivity index (χ4v) is 3.59. The first-order valence-corrected chi connectivity index (χ1v) is 9.67. The first kappa shape index (κ1) is 21.5. The van der Waals surface area contributed by atoms with Crippen molar-refractivity contribution in [1.29, 1.82) is 0 Å². The van der Waals surface area contributed by atoms with Crippen LogP contribution in [-0.4, -0.2) is 60.9 Å². The predicted molar refractivity (Wildman–Crippen MR) is 112 cm³/mol. The molecule has 0 unspecified atom stereocenters. The molecule has 1 atom stereocenters. The zero-order chi connectivity index (χ0) is 21.8. The molecule has 0 aliphatic carbocycles. The topological polar surface area (TPSA) is 70.1 Å². The van der Waals surface area contributed by atoms with Crippen molar-refractivity contribution in [2.75, 3.05) is 34.3 Å². The van der Waals surface area contributed by atoms with E-state index in [0.717, 1.165) is 0 Å². The predicted octanol–water partition coefficient (Wildman–Crippen LogP) is 3.21. The van der Waals surface area contributed by atoms with Gasteiger partial charge in [-0.15, -0.1) is 0 Å². The van der Waals surface area contributed by atoms with Crippen LogP contribution in [0, 0.1) is 5.82 Å². The van der Waals surface area contributed by atoms with E-state index in [2.05, 4.69) is 0 Å². The normalized spacial score (nSPS) is 18.3. The highest BCUT2D eigenvalue weighted by atomic mass is 19.1. The molecule has 2 aromatic carbocycles. The maximum Gasteiger partial charge on any atom is 0.295 e. The number of methoxy groups -OCH3 is 1. The van der Waals surface area contributed by atoms with Crippen LogP contribution in [0.25, 0.3) is 5.76 Å². The Morgan fingerprint density at radius 2 is 1.80 bits per heavy atom. The Morgan fingerprint density at radius 3 is 2.40 bits per heavy atom. The van der Waals surface area contributed by atoms with Gasteiger partial charge in [0, 0.05) is 17.7 Å². The number of hydrogen-bond acceptors (Lipinski definition) is 5. The summed E-state index contributed by atoms with van der Waals surface area (Å²) in [6.07, 6.45) is 0.605. The minimum atomic E-state index is -0.990. The fraction of sp³-hybridized carbons (Fsp3) is 0.304. The first-order chi connectivity index (χ1) is 14.3. The molecule has 1 N–H and O–H groups in total. The van der Waals surface area contributed by atoms with E-state index in [4.69, 9.17) is 4.74 Å². The monoisotopic (exact) mass is 412 g/mol. The number of nitrogens with zero attached hydrogens (tertiary/aromatic N) is 2. The maximum atomic E-state index is 14.7. The second-order valence-electron chi connectivity index (χ2n) is 7.40. The SMILES string of the molecule is COc1ccc(C(O)=C2C(=O)C(=O)N(CCCN(C)C)[C@H]2c2ccccc2F)cc1. The number of halogens is 1. The zero-order valence-corrected chi connectivity index (χ0v) is 17.3. The number of Topliss-reactive ketones (excluding diaryl/α,β-unsaturated/α-hetero) is 1. The Morgan fingerprint density at radius 1 is 1.13 bits per heavy atom. The number of likely N-dealkylation sites (tertiary alicyclic amines) is 1. The summed E-state index contributed by atoms with van der Waals surface area (Å²) in [4.78, 5) is 29.0. The lowest BCUT2D eigenvalue weighted by Crippen LogP contribution is -2.32. The molecule has 7 heteroatoms. The number of aliphatic hydroxyl groups is 1. The molecule has 0 aromatic heterocycles. The van der Waals surface area contributed by atoms with Crippen molar-refractivity contribution in [2.24, 2.45) is 0 Å².